The molecular weight excluding hydrogens is 435 g/mol. The molecule has 34 heavy (non-hydrogen) atoms. The highest BCUT2D eigenvalue weighted by molar-refractivity contribution is 7.27. The summed E-state index contributed by atoms with van der Waals surface area (Å²) in [6, 6.07) is 32.4. The minimum absolute atomic E-state index is 0.428. The van der Waals surface area contributed by atoms with Gasteiger partial charge in [-0.2, -0.15) is 0 Å². The van der Waals surface area contributed by atoms with Gasteiger partial charge in [0.15, 0.2) is 0 Å². The van der Waals surface area contributed by atoms with E-state index in [1.54, 1.807) is 0 Å². The van der Waals surface area contributed by atoms with Crippen LogP contribution in [0.5, 0.6) is 0 Å². The maximum Gasteiger partial charge on any atom is 0.499 e. The van der Waals surface area contributed by atoms with Gasteiger partial charge in [-0.3, -0.25) is 0 Å². The molecule has 0 saturated carbocycles. The molecule has 1 aliphatic rings. The van der Waals surface area contributed by atoms with E-state index in [0.29, 0.717) is 0 Å². The zero-order valence-electron chi connectivity index (χ0n) is 19.7. The zero-order chi connectivity index (χ0) is 23.5. The van der Waals surface area contributed by atoms with Gasteiger partial charge in [0.2, 0.25) is 5.60 Å². The molecular formula is C30H26BO2S+. The van der Waals surface area contributed by atoms with Crippen LogP contribution in [0.1, 0.15) is 20.8 Å². The van der Waals surface area contributed by atoms with Gasteiger partial charge in [-0.05, 0) is 41.5 Å². The van der Waals surface area contributed by atoms with Crippen LogP contribution in [-0.4, -0.2) is 18.3 Å². The predicted octanol–water partition coefficient (Wildman–Crippen LogP) is 7.50. The average molecular weight is 461 g/mol. The SMILES string of the molecule is [CH2+]C1(C)OB(c2cccc3c2sc2c(-c4ccc(-c5ccccc5)cc4)cccc23)OC1(C)C. The lowest BCUT2D eigenvalue weighted by Crippen LogP contribution is -2.42. The highest BCUT2D eigenvalue weighted by Crippen LogP contribution is 2.41. The van der Waals surface area contributed by atoms with Crippen molar-refractivity contribution in [3.05, 3.63) is 97.9 Å². The minimum Gasteiger partial charge on any atom is -0.395 e. The number of rotatable bonds is 3. The van der Waals surface area contributed by atoms with Crippen LogP contribution in [0.25, 0.3) is 42.4 Å². The Morgan fingerprint density at radius 3 is 1.94 bits per heavy atom. The lowest BCUT2D eigenvalue weighted by Gasteiger charge is -2.25. The monoisotopic (exact) mass is 461 g/mol. The van der Waals surface area contributed by atoms with Crippen molar-refractivity contribution in [1.82, 2.24) is 0 Å². The first-order valence-corrected chi connectivity index (χ1v) is 12.5. The first kappa shape index (κ1) is 21.5. The van der Waals surface area contributed by atoms with Gasteiger partial charge in [-0.25, -0.2) is 0 Å². The van der Waals surface area contributed by atoms with Crippen LogP contribution in [0.4, 0.5) is 0 Å². The molecule has 0 bridgehead atoms. The fraction of sp³-hybridized carbons (Fsp3) is 0.167. The summed E-state index contributed by atoms with van der Waals surface area (Å²) in [5.74, 6) is 0. The summed E-state index contributed by atoms with van der Waals surface area (Å²) in [4.78, 5) is 0. The number of hydrogen-bond acceptors (Lipinski definition) is 3. The van der Waals surface area contributed by atoms with Crippen LogP contribution in [0.2, 0.25) is 0 Å². The maximum atomic E-state index is 6.35. The molecule has 2 heterocycles. The van der Waals surface area contributed by atoms with E-state index in [0.717, 1.165) is 5.46 Å². The van der Waals surface area contributed by atoms with Crippen LogP contribution in [0.3, 0.4) is 0 Å². The molecule has 0 N–H and O–H groups in total. The van der Waals surface area contributed by atoms with Crippen molar-refractivity contribution in [1.29, 1.82) is 0 Å². The first-order valence-electron chi connectivity index (χ1n) is 11.7. The first-order chi connectivity index (χ1) is 16.3. The normalized spacial score (nSPS) is 19.8. The number of hydrogen-bond donors (Lipinski definition) is 0. The Morgan fingerprint density at radius 2 is 1.26 bits per heavy atom. The second-order valence-electron chi connectivity index (χ2n) is 9.76. The van der Waals surface area contributed by atoms with Crippen molar-refractivity contribution in [3.8, 4) is 22.3 Å². The summed E-state index contributed by atoms with van der Waals surface area (Å²) in [6.07, 6.45) is 0. The van der Waals surface area contributed by atoms with Gasteiger partial charge < -0.3 is 9.31 Å². The van der Waals surface area contributed by atoms with E-state index in [9.17, 15) is 0 Å². The van der Waals surface area contributed by atoms with Crippen molar-refractivity contribution < 1.29 is 9.31 Å². The Hall–Kier alpha value is -3.05. The van der Waals surface area contributed by atoms with Crippen molar-refractivity contribution in [2.24, 2.45) is 0 Å². The highest BCUT2D eigenvalue weighted by atomic mass is 32.1. The second kappa shape index (κ2) is 7.74. The molecule has 1 aliphatic heterocycles. The van der Waals surface area contributed by atoms with E-state index in [2.05, 4.69) is 97.9 Å². The molecule has 166 valence electrons. The average Bonchev–Trinajstić information content (AvgIpc) is 3.33. The molecule has 2 nitrogen and oxygen atoms in total. The lowest BCUT2D eigenvalue weighted by molar-refractivity contribution is 0.0262. The summed E-state index contributed by atoms with van der Waals surface area (Å²) in [6.45, 7) is 10.3. The molecule has 0 aliphatic carbocycles. The molecule has 0 amide bonds. The van der Waals surface area contributed by atoms with E-state index in [4.69, 9.17) is 9.31 Å². The van der Waals surface area contributed by atoms with Crippen molar-refractivity contribution in [2.75, 3.05) is 0 Å². The molecule has 0 radical (unpaired) electrons. The molecule has 1 atom stereocenters. The molecule has 0 spiro atoms. The van der Waals surface area contributed by atoms with E-state index in [1.165, 1.54) is 42.4 Å². The van der Waals surface area contributed by atoms with E-state index < -0.39 is 18.3 Å². The van der Waals surface area contributed by atoms with E-state index in [1.807, 2.05) is 32.1 Å². The van der Waals surface area contributed by atoms with Crippen LogP contribution in [-0.2, 0) is 9.31 Å². The molecule has 1 aromatic heterocycles. The molecule has 5 aromatic rings. The molecule has 4 heteroatoms. The summed E-state index contributed by atoms with van der Waals surface area (Å²) in [5, 5.41) is 2.50. The second-order valence-corrected chi connectivity index (χ2v) is 10.8. The van der Waals surface area contributed by atoms with Crippen molar-refractivity contribution >= 4 is 44.1 Å². The Labute approximate surface area is 205 Å². The third-order valence-electron chi connectivity index (χ3n) is 7.15. The number of fused-ring (bicyclic) bond motifs is 3. The number of benzene rings is 4. The topological polar surface area (TPSA) is 18.5 Å². The van der Waals surface area contributed by atoms with Gasteiger partial charge >= 0.3 is 7.12 Å². The van der Waals surface area contributed by atoms with Crippen molar-refractivity contribution in [2.45, 2.75) is 32.0 Å². The summed E-state index contributed by atoms with van der Waals surface area (Å²) >= 11 is 1.82. The summed E-state index contributed by atoms with van der Waals surface area (Å²) in [5.41, 5.74) is 4.92. The zero-order valence-corrected chi connectivity index (χ0v) is 20.5. The van der Waals surface area contributed by atoms with Gasteiger partial charge in [0.25, 0.3) is 0 Å². The molecule has 6 rings (SSSR count). The van der Waals surface area contributed by atoms with Gasteiger partial charge in [0.1, 0.15) is 5.60 Å². The van der Waals surface area contributed by atoms with Gasteiger partial charge in [0, 0.05) is 27.2 Å². The molecule has 4 aromatic carbocycles. The van der Waals surface area contributed by atoms with Crippen LogP contribution < -0.4 is 5.46 Å². The Kier molecular flexibility index (Phi) is 4.89. The quantitative estimate of drug-likeness (QED) is 0.205. The van der Waals surface area contributed by atoms with Crippen LogP contribution in [0.15, 0.2) is 91.0 Å². The van der Waals surface area contributed by atoms with Crippen molar-refractivity contribution in [3.63, 3.8) is 0 Å². The van der Waals surface area contributed by atoms with E-state index in [-0.39, 0.29) is 0 Å². The third-order valence-corrected chi connectivity index (χ3v) is 8.46. The van der Waals surface area contributed by atoms with Crippen LogP contribution in [0, 0.1) is 6.92 Å². The largest absolute Gasteiger partial charge is 0.499 e. The van der Waals surface area contributed by atoms with Crippen LogP contribution >= 0.6 is 11.3 Å². The predicted molar refractivity (Wildman–Crippen MR) is 146 cm³/mol. The smallest absolute Gasteiger partial charge is 0.395 e. The number of thiophene rings is 1. The van der Waals surface area contributed by atoms with Gasteiger partial charge in [-0.15, -0.1) is 11.3 Å². The third kappa shape index (κ3) is 3.37. The van der Waals surface area contributed by atoms with Gasteiger partial charge in [-0.1, -0.05) is 91.0 Å². The standard InChI is InChI=1S/C30H26BO2S/c1-29(2)30(3,4)33-31(32-29)26-15-9-14-25-24-13-8-12-23(27(24)34-28(25)26)22-18-16-21(17-19-22)20-10-6-5-7-11-20/h5-19H,1H2,2-4H3/q+1. The maximum absolute atomic E-state index is 6.35. The lowest BCUT2D eigenvalue weighted by atomic mass is 9.78. The molecule has 1 saturated heterocycles. The highest BCUT2D eigenvalue weighted by Gasteiger charge is 2.57. The molecule has 1 unspecified atom stereocenters. The Balaban J connectivity index is 1.46. The Morgan fingerprint density at radius 1 is 0.647 bits per heavy atom. The van der Waals surface area contributed by atoms with Gasteiger partial charge in [0.05, 0.1) is 6.92 Å². The minimum atomic E-state index is -0.609. The fourth-order valence-corrected chi connectivity index (χ4v) is 6.01. The Bertz CT molecular complexity index is 1480. The summed E-state index contributed by atoms with van der Waals surface area (Å²) < 4.78 is 15.1. The summed E-state index contributed by atoms with van der Waals surface area (Å²) in [7, 11) is -0.428. The fourth-order valence-electron chi connectivity index (χ4n) is 4.65. The van der Waals surface area contributed by atoms with E-state index >= 15 is 0 Å². The molecule has 1 fully saturated rings.